The lowest BCUT2D eigenvalue weighted by Gasteiger charge is -2.32. The van der Waals surface area contributed by atoms with Crippen LogP contribution in [-0.4, -0.2) is 36.1 Å². The van der Waals surface area contributed by atoms with Crippen LogP contribution in [0.5, 0.6) is 0 Å². The fourth-order valence-electron chi connectivity index (χ4n) is 2.43. The number of ether oxygens (including phenoxy) is 1. The van der Waals surface area contributed by atoms with E-state index in [1.54, 1.807) is 0 Å². The van der Waals surface area contributed by atoms with Gasteiger partial charge in [0.25, 0.3) is 0 Å². The molecule has 0 radical (unpaired) electrons. The number of rotatable bonds is 6. The largest absolute Gasteiger partial charge is 0.394 e. The van der Waals surface area contributed by atoms with Crippen LogP contribution in [-0.2, 0) is 4.74 Å². The third kappa shape index (κ3) is 4.49. The highest BCUT2D eigenvalue weighted by Crippen LogP contribution is 2.33. The van der Waals surface area contributed by atoms with Gasteiger partial charge in [0.15, 0.2) is 0 Å². The number of hydrogen-bond acceptors (Lipinski definition) is 3. The zero-order valence-electron chi connectivity index (χ0n) is 9.69. The minimum absolute atomic E-state index is 0.0881. The molecule has 2 N–H and O–H groups in total. The van der Waals surface area contributed by atoms with Gasteiger partial charge in [-0.05, 0) is 37.5 Å². The fraction of sp³-hybridized carbons (Fsp3) is 1.00. The first-order valence-corrected chi connectivity index (χ1v) is 6.14. The number of hydrogen-bond donors (Lipinski definition) is 2. The van der Waals surface area contributed by atoms with Crippen LogP contribution in [0.25, 0.3) is 0 Å². The Morgan fingerprint density at radius 1 is 1.27 bits per heavy atom. The normalized spacial score (nSPS) is 31.8. The van der Waals surface area contributed by atoms with Crippen molar-refractivity contribution in [3.8, 4) is 0 Å². The van der Waals surface area contributed by atoms with Gasteiger partial charge in [-0.3, -0.25) is 0 Å². The van der Waals surface area contributed by atoms with E-state index in [0.29, 0.717) is 19.1 Å². The maximum atomic E-state index is 9.83. The SMILES string of the molecule is CCC1CCC(O)C(CCOCCO)C1. The molecule has 3 unspecified atom stereocenters. The third-order valence-corrected chi connectivity index (χ3v) is 3.50. The lowest BCUT2D eigenvalue weighted by atomic mass is 9.77. The van der Waals surface area contributed by atoms with Crippen LogP contribution < -0.4 is 0 Å². The summed E-state index contributed by atoms with van der Waals surface area (Å²) in [5.74, 6) is 1.19. The van der Waals surface area contributed by atoms with E-state index in [1.807, 2.05) is 0 Å². The highest BCUT2D eigenvalue weighted by molar-refractivity contribution is 4.79. The van der Waals surface area contributed by atoms with Crippen LogP contribution in [0.4, 0.5) is 0 Å². The van der Waals surface area contributed by atoms with Crippen molar-refractivity contribution in [3.63, 3.8) is 0 Å². The predicted octanol–water partition coefficient (Wildman–Crippen LogP) is 1.57. The first kappa shape index (κ1) is 12.9. The molecule has 1 aliphatic carbocycles. The van der Waals surface area contributed by atoms with Gasteiger partial charge in [-0.1, -0.05) is 13.3 Å². The molecular weight excluding hydrogens is 192 g/mol. The molecule has 0 amide bonds. The lowest BCUT2D eigenvalue weighted by Crippen LogP contribution is -2.30. The van der Waals surface area contributed by atoms with Gasteiger partial charge < -0.3 is 14.9 Å². The van der Waals surface area contributed by atoms with Gasteiger partial charge in [-0.15, -0.1) is 0 Å². The van der Waals surface area contributed by atoms with Gasteiger partial charge >= 0.3 is 0 Å². The van der Waals surface area contributed by atoms with Crippen LogP contribution in [0.3, 0.4) is 0 Å². The molecule has 90 valence electrons. The van der Waals surface area contributed by atoms with E-state index >= 15 is 0 Å². The zero-order chi connectivity index (χ0) is 11.1. The van der Waals surface area contributed by atoms with Gasteiger partial charge in [0, 0.05) is 6.61 Å². The Bertz CT molecular complexity index is 161. The summed E-state index contributed by atoms with van der Waals surface area (Å²) in [6.07, 6.45) is 5.28. The van der Waals surface area contributed by atoms with Crippen molar-refractivity contribution in [2.24, 2.45) is 11.8 Å². The predicted molar refractivity (Wildman–Crippen MR) is 59.7 cm³/mol. The Kier molecular flexibility index (Phi) is 6.22. The van der Waals surface area contributed by atoms with E-state index in [-0.39, 0.29) is 12.7 Å². The molecule has 1 fully saturated rings. The summed E-state index contributed by atoms with van der Waals surface area (Å²) in [5.41, 5.74) is 0. The van der Waals surface area contributed by atoms with Crippen LogP contribution in [0.2, 0.25) is 0 Å². The number of aliphatic hydroxyl groups is 2. The Morgan fingerprint density at radius 3 is 2.73 bits per heavy atom. The van der Waals surface area contributed by atoms with E-state index in [2.05, 4.69) is 6.92 Å². The summed E-state index contributed by atoms with van der Waals surface area (Å²) in [6, 6.07) is 0. The van der Waals surface area contributed by atoms with Gasteiger partial charge in [0.2, 0.25) is 0 Å². The first-order chi connectivity index (χ1) is 7.27. The highest BCUT2D eigenvalue weighted by Gasteiger charge is 2.27. The van der Waals surface area contributed by atoms with Crippen molar-refractivity contribution in [2.75, 3.05) is 19.8 Å². The molecule has 1 saturated carbocycles. The molecule has 0 bridgehead atoms. The van der Waals surface area contributed by atoms with Crippen molar-refractivity contribution in [3.05, 3.63) is 0 Å². The van der Waals surface area contributed by atoms with Crippen LogP contribution in [0, 0.1) is 11.8 Å². The Balaban J connectivity index is 2.19. The summed E-state index contributed by atoms with van der Waals surface area (Å²) in [4.78, 5) is 0. The molecule has 0 aromatic rings. The zero-order valence-corrected chi connectivity index (χ0v) is 9.69. The Morgan fingerprint density at radius 2 is 2.07 bits per heavy atom. The van der Waals surface area contributed by atoms with Gasteiger partial charge in [-0.25, -0.2) is 0 Å². The maximum Gasteiger partial charge on any atom is 0.0697 e. The van der Waals surface area contributed by atoms with Gasteiger partial charge in [0.1, 0.15) is 0 Å². The second kappa shape index (κ2) is 7.20. The number of aliphatic hydroxyl groups excluding tert-OH is 2. The average molecular weight is 216 g/mol. The maximum absolute atomic E-state index is 9.83. The van der Waals surface area contributed by atoms with Crippen molar-refractivity contribution in [1.82, 2.24) is 0 Å². The van der Waals surface area contributed by atoms with E-state index in [9.17, 15) is 5.11 Å². The van der Waals surface area contributed by atoms with E-state index in [1.165, 1.54) is 12.8 Å². The third-order valence-electron chi connectivity index (χ3n) is 3.50. The van der Waals surface area contributed by atoms with E-state index in [4.69, 9.17) is 9.84 Å². The Labute approximate surface area is 92.4 Å². The van der Waals surface area contributed by atoms with Crippen LogP contribution in [0.1, 0.15) is 39.0 Å². The topological polar surface area (TPSA) is 49.7 Å². The molecule has 0 spiro atoms. The second-order valence-corrected chi connectivity index (χ2v) is 4.54. The molecule has 3 heteroatoms. The molecule has 3 nitrogen and oxygen atoms in total. The first-order valence-electron chi connectivity index (χ1n) is 6.14. The quantitative estimate of drug-likeness (QED) is 0.663. The van der Waals surface area contributed by atoms with Gasteiger partial charge in [0.05, 0.1) is 19.3 Å². The molecule has 1 rings (SSSR count). The Hall–Kier alpha value is -0.120. The highest BCUT2D eigenvalue weighted by atomic mass is 16.5. The molecule has 15 heavy (non-hydrogen) atoms. The lowest BCUT2D eigenvalue weighted by molar-refractivity contribution is 0.0175. The minimum atomic E-state index is -0.134. The fourth-order valence-corrected chi connectivity index (χ4v) is 2.43. The summed E-state index contributed by atoms with van der Waals surface area (Å²) < 4.78 is 5.24. The van der Waals surface area contributed by atoms with E-state index in [0.717, 1.165) is 25.2 Å². The molecular formula is C12H24O3. The summed E-state index contributed by atoms with van der Waals surface area (Å²) in [7, 11) is 0. The summed E-state index contributed by atoms with van der Waals surface area (Å²) >= 11 is 0. The second-order valence-electron chi connectivity index (χ2n) is 4.54. The molecule has 0 aliphatic heterocycles. The molecule has 3 atom stereocenters. The molecule has 0 aromatic heterocycles. The average Bonchev–Trinajstić information content (AvgIpc) is 2.26. The van der Waals surface area contributed by atoms with Crippen molar-refractivity contribution in [1.29, 1.82) is 0 Å². The molecule has 0 aromatic carbocycles. The van der Waals surface area contributed by atoms with Crippen LogP contribution >= 0.6 is 0 Å². The minimum Gasteiger partial charge on any atom is -0.394 e. The molecule has 0 heterocycles. The van der Waals surface area contributed by atoms with E-state index < -0.39 is 0 Å². The van der Waals surface area contributed by atoms with Crippen molar-refractivity contribution >= 4 is 0 Å². The van der Waals surface area contributed by atoms with Crippen molar-refractivity contribution in [2.45, 2.75) is 45.1 Å². The standard InChI is InChI=1S/C12H24O3/c1-2-10-3-4-12(14)11(9-10)5-7-15-8-6-13/h10-14H,2-9H2,1H3. The monoisotopic (exact) mass is 216 g/mol. The molecule has 0 saturated heterocycles. The summed E-state index contributed by atoms with van der Waals surface area (Å²) in [6.45, 7) is 3.39. The molecule has 1 aliphatic rings. The van der Waals surface area contributed by atoms with Gasteiger partial charge in [-0.2, -0.15) is 0 Å². The smallest absolute Gasteiger partial charge is 0.0697 e. The van der Waals surface area contributed by atoms with Crippen LogP contribution in [0.15, 0.2) is 0 Å². The van der Waals surface area contributed by atoms with Crippen molar-refractivity contribution < 1.29 is 14.9 Å². The summed E-state index contributed by atoms with van der Waals surface area (Å²) in [5, 5.41) is 18.4.